The van der Waals surface area contributed by atoms with Gasteiger partial charge in [0, 0.05) is 13.6 Å². The molecule has 0 saturated carbocycles. The summed E-state index contributed by atoms with van der Waals surface area (Å²) in [6.45, 7) is 7.30. The zero-order chi connectivity index (χ0) is 27.2. The molecule has 0 spiro atoms. The molecule has 0 bridgehead atoms. The lowest BCUT2D eigenvalue weighted by molar-refractivity contribution is -0.140. The Morgan fingerprint density at radius 3 is 1.97 bits per heavy atom. The van der Waals surface area contributed by atoms with Gasteiger partial charge in [-0.25, -0.2) is 8.42 Å². The van der Waals surface area contributed by atoms with E-state index in [2.05, 4.69) is 5.32 Å². The Kier molecular flexibility index (Phi) is 9.10. The van der Waals surface area contributed by atoms with E-state index in [0.29, 0.717) is 12.1 Å². The number of amides is 2. The molecule has 0 aliphatic carbocycles. The molecular formula is C29H35N3O4S. The molecule has 0 saturated heterocycles. The van der Waals surface area contributed by atoms with E-state index in [1.807, 2.05) is 64.1 Å². The van der Waals surface area contributed by atoms with Crippen LogP contribution in [0.2, 0.25) is 0 Å². The molecule has 3 aromatic rings. The number of anilines is 1. The van der Waals surface area contributed by atoms with E-state index in [-0.39, 0.29) is 17.3 Å². The maximum Gasteiger partial charge on any atom is 0.264 e. The van der Waals surface area contributed by atoms with Crippen LogP contribution in [0.4, 0.5) is 5.69 Å². The van der Waals surface area contributed by atoms with Gasteiger partial charge in [-0.05, 0) is 62.6 Å². The second-order valence-corrected chi connectivity index (χ2v) is 11.0. The normalized spacial score (nSPS) is 12.0. The van der Waals surface area contributed by atoms with Gasteiger partial charge in [0.15, 0.2) is 0 Å². The molecule has 8 heteroatoms. The fourth-order valence-corrected chi connectivity index (χ4v) is 5.55. The van der Waals surface area contributed by atoms with Gasteiger partial charge in [-0.2, -0.15) is 0 Å². The van der Waals surface area contributed by atoms with E-state index in [9.17, 15) is 18.0 Å². The minimum absolute atomic E-state index is 0.0928. The number of nitrogens with zero attached hydrogens (tertiary/aromatic N) is 2. The van der Waals surface area contributed by atoms with E-state index in [1.165, 1.54) is 11.9 Å². The molecule has 0 radical (unpaired) electrons. The first-order valence-electron chi connectivity index (χ1n) is 12.3. The van der Waals surface area contributed by atoms with Crippen molar-refractivity contribution >= 4 is 27.5 Å². The molecule has 0 aromatic heterocycles. The molecule has 7 nitrogen and oxygen atoms in total. The molecule has 3 aromatic carbocycles. The van der Waals surface area contributed by atoms with Crippen molar-refractivity contribution in [3.8, 4) is 0 Å². The number of carbonyl (C=O) groups excluding carboxylic acids is 2. The second-order valence-electron chi connectivity index (χ2n) is 9.15. The smallest absolute Gasteiger partial charge is 0.264 e. The van der Waals surface area contributed by atoms with Crippen molar-refractivity contribution in [3.05, 3.63) is 95.1 Å². The molecule has 0 fully saturated rings. The summed E-state index contributed by atoms with van der Waals surface area (Å²) in [5, 5.41) is 2.64. The minimum Gasteiger partial charge on any atom is -0.357 e. The van der Waals surface area contributed by atoms with Crippen LogP contribution < -0.4 is 9.62 Å². The van der Waals surface area contributed by atoms with E-state index in [1.54, 1.807) is 36.4 Å². The summed E-state index contributed by atoms with van der Waals surface area (Å²) in [4.78, 5) is 28.2. The first-order chi connectivity index (χ1) is 17.6. The zero-order valence-corrected chi connectivity index (χ0v) is 22.9. The fourth-order valence-electron chi connectivity index (χ4n) is 4.13. The maximum absolute atomic E-state index is 13.9. The van der Waals surface area contributed by atoms with Gasteiger partial charge < -0.3 is 10.2 Å². The first kappa shape index (κ1) is 27.9. The summed E-state index contributed by atoms with van der Waals surface area (Å²) in [5.74, 6) is -0.761. The minimum atomic E-state index is -4.07. The van der Waals surface area contributed by atoms with Crippen molar-refractivity contribution in [2.45, 2.75) is 51.6 Å². The molecule has 196 valence electrons. The lowest BCUT2D eigenvalue weighted by Gasteiger charge is -2.33. The summed E-state index contributed by atoms with van der Waals surface area (Å²) < 4.78 is 28.7. The number of carbonyl (C=O) groups is 2. The SMILES string of the molecule is CCC(C(=O)NC)N(Cc1ccccc1C)C(=O)CN(c1ccc(C)cc1)S(=O)(=O)c1ccc(C)cc1. The Morgan fingerprint density at radius 2 is 1.43 bits per heavy atom. The van der Waals surface area contributed by atoms with Crippen LogP contribution in [0.25, 0.3) is 0 Å². The maximum atomic E-state index is 13.9. The Balaban J connectivity index is 2.06. The number of nitrogens with one attached hydrogen (secondary N) is 1. The zero-order valence-electron chi connectivity index (χ0n) is 22.1. The highest BCUT2D eigenvalue weighted by atomic mass is 32.2. The van der Waals surface area contributed by atoms with Gasteiger partial charge >= 0.3 is 0 Å². The summed E-state index contributed by atoms with van der Waals surface area (Å²) in [7, 11) is -2.54. The number of hydrogen-bond acceptors (Lipinski definition) is 4. The van der Waals surface area contributed by atoms with Crippen molar-refractivity contribution < 1.29 is 18.0 Å². The molecule has 3 rings (SSSR count). The van der Waals surface area contributed by atoms with Gasteiger partial charge in [0.1, 0.15) is 12.6 Å². The Morgan fingerprint density at radius 1 is 0.865 bits per heavy atom. The van der Waals surface area contributed by atoms with Crippen molar-refractivity contribution in [2.24, 2.45) is 0 Å². The standard InChI is InChI=1S/C29H35N3O4S/c1-6-27(29(34)30-5)31(19-24-10-8-7-9-23(24)4)28(33)20-32(25-15-11-21(2)12-16-25)37(35,36)26-17-13-22(3)14-18-26/h7-18,27H,6,19-20H2,1-5H3,(H,30,34). The Hall–Kier alpha value is -3.65. The number of benzene rings is 3. The summed E-state index contributed by atoms with van der Waals surface area (Å²) >= 11 is 0. The molecule has 0 aliphatic rings. The number of hydrogen-bond donors (Lipinski definition) is 1. The third-order valence-corrected chi connectivity index (χ3v) is 8.23. The molecule has 1 N–H and O–H groups in total. The van der Waals surface area contributed by atoms with Crippen LogP contribution in [0.5, 0.6) is 0 Å². The van der Waals surface area contributed by atoms with Crippen LogP contribution in [0.1, 0.15) is 35.6 Å². The summed E-state index contributed by atoms with van der Waals surface area (Å²) in [5.41, 5.74) is 4.15. The Labute approximate surface area is 220 Å². The number of aryl methyl sites for hydroxylation is 3. The van der Waals surface area contributed by atoms with Crippen LogP contribution in [0, 0.1) is 20.8 Å². The van der Waals surface area contributed by atoms with Gasteiger partial charge in [-0.1, -0.05) is 66.6 Å². The number of sulfonamides is 1. The monoisotopic (exact) mass is 521 g/mol. The van der Waals surface area contributed by atoms with Gasteiger partial charge in [0.25, 0.3) is 10.0 Å². The molecule has 0 aliphatic heterocycles. The number of rotatable bonds is 10. The molecule has 2 amide bonds. The third kappa shape index (κ3) is 6.57. The molecule has 37 heavy (non-hydrogen) atoms. The summed E-state index contributed by atoms with van der Waals surface area (Å²) in [6, 6.07) is 20.4. The van der Waals surface area contributed by atoms with E-state index >= 15 is 0 Å². The molecular weight excluding hydrogens is 486 g/mol. The van der Waals surface area contributed by atoms with Crippen LogP contribution in [0.3, 0.4) is 0 Å². The quantitative estimate of drug-likeness (QED) is 0.430. The summed E-state index contributed by atoms with van der Waals surface area (Å²) in [6.07, 6.45) is 0.381. The van der Waals surface area contributed by atoms with Crippen LogP contribution >= 0.6 is 0 Å². The van der Waals surface area contributed by atoms with Crippen molar-refractivity contribution in [3.63, 3.8) is 0 Å². The van der Waals surface area contributed by atoms with Gasteiger partial charge in [-0.15, -0.1) is 0 Å². The number of likely N-dealkylation sites (N-methyl/N-ethyl adjacent to an activating group) is 1. The molecule has 1 atom stereocenters. The van der Waals surface area contributed by atoms with Crippen molar-refractivity contribution in [1.82, 2.24) is 10.2 Å². The van der Waals surface area contributed by atoms with Gasteiger partial charge in [-0.3, -0.25) is 13.9 Å². The average molecular weight is 522 g/mol. The van der Waals surface area contributed by atoms with Crippen molar-refractivity contribution in [1.29, 1.82) is 0 Å². The van der Waals surface area contributed by atoms with Crippen LogP contribution in [0.15, 0.2) is 77.7 Å². The van der Waals surface area contributed by atoms with E-state index < -0.39 is 28.5 Å². The highest BCUT2D eigenvalue weighted by Gasteiger charge is 2.33. The highest BCUT2D eigenvalue weighted by molar-refractivity contribution is 7.92. The van der Waals surface area contributed by atoms with E-state index in [0.717, 1.165) is 26.6 Å². The van der Waals surface area contributed by atoms with Gasteiger partial charge in [0.05, 0.1) is 10.6 Å². The van der Waals surface area contributed by atoms with Crippen LogP contribution in [-0.2, 0) is 26.2 Å². The Bertz CT molecular complexity index is 1340. The predicted octanol–water partition coefficient (Wildman–Crippen LogP) is 4.36. The second kappa shape index (κ2) is 12.1. The highest BCUT2D eigenvalue weighted by Crippen LogP contribution is 2.25. The predicted molar refractivity (Wildman–Crippen MR) is 147 cm³/mol. The van der Waals surface area contributed by atoms with Crippen molar-refractivity contribution in [2.75, 3.05) is 17.9 Å². The largest absolute Gasteiger partial charge is 0.357 e. The van der Waals surface area contributed by atoms with Gasteiger partial charge in [0.2, 0.25) is 11.8 Å². The van der Waals surface area contributed by atoms with E-state index in [4.69, 9.17) is 0 Å². The average Bonchev–Trinajstić information content (AvgIpc) is 2.88. The molecule has 0 heterocycles. The lowest BCUT2D eigenvalue weighted by Crippen LogP contribution is -2.51. The fraction of sp³-hybridized carbons (Fsp3) is 0.310. The third-order valence-electron chi connectivity index (χ3n) is 6.44. The topological polar surface area (TPSA) is 86.8 Å². The lowest BCUT2D eigenvalue weighted by atomic mass is 10.1. The van der Waals surface area contributed by atoms with Crippen LogP contribution in [-0.4, -0.2) is 44.8 Å². The first-order valence-corrected chi connectivity index (χ1v) is 13.7. The molecule has 1 unspecified atom stereocenters.